The summed E-state index contributed by atoms with van der Waals surface area (Å²) in [7, 11) is -2.23. The van der Waals surface area contributed by atoms with Crippen LogP contribution in [0.25, 0.3) is 0 Å². The average molecular weight is 478 g/mol. The molecular weight excluding hydrogens is 444 g/mol. The topological polar surface area (TPSA) is 69.2 Å². The molecule has 32 heavy (non-hydrogen) atoms. The van der Waals surface area contributed by atoms with Crippen LogP contribution in [0.5, 0.6) is 0 Å². The molecule has 1 aromatic heterocycles. The second-order valence-electron chi connectivity index (χ2n) is 9.92. The van der Waals surface area contributed by atoms with Crippen LogP contribution in [0.1, 0.15) is 37.5 Å². The molecule has 2 saturated heterocycles. The van der Waals surface area contributed by atoms with Crippen LogP contribution in [0.4, 0.5) is 0 Å². The fourth-order valence-electron chi connectivity index (χ4n) is 3.73. The second-order valence-corrected chi connectivity index (χ2v) is 15.7. The van der Waals surface area contributed by atoms with Crippen LogP contribution < -0.4 is 5.11 Å². The molecule has 3 heterocycles. The van der Waals surface area contributed by atoms with Gasteiger partial charge in [-0.1, -0.05) is 57.2 Å². The second kappa shape index (κ2) is 9.64. The highest BCUT2D eigenvalue weighted by Crippen LogP contribution is 2.42. The molecule has 0 radical (unpaired) electrons. The van der Waals surface area contributed by atoms with Crippen molar-refractivity contribution in [1.29, 1.82) is 0 Å². The molecule has 2 fully saturated rings. The van der Waals surface area contributed by atoms with E-state index < -0.39 is 45.3 Å². The van der Waals surface area contributed by atoms with Gasteiger partial charge in [0.05, 0.1) is 19.3 Å². The monoisotopic (exact) mass is 477 g/mol. The van der Waals surface area contributed by atoms with Gasteiger partial charge in [0.15, 0.2) is 14.6 Å². The molecule has 4 rings (SSSR count). The van der Waals surface area contributed by atoms with E-state index in [1.54, 1.807) is 11.3 Å². The lowest BCUT2D eigenvalue weighted by atomic mass is 9.97. The third-order valence-electron chi connectivity index (χ3n) is 6.59. The van der Waals surface area contributed by atoms with Gasteiger partial charge < -0.3 is 28.5 Å². The van der Waals surface area contributed by atoms with Gasteiger partial charge in [0, 0.05) is 16.7 Å². The van der Waals surface area contributed by atoms with Gasteiger partial charge in [0.1, 0.15) is 18.3 Å². The van der Waals surface area contributed by atoms with Gasteiger partial charge in [0.2, 0.25) is 0 Å². The van der Waals surface area contributed by atoms with Crippen LogP contribution in [0.2, 0.25) is 18.1 Å². The number of thiophene rings is 1. The van der Waals surface area contributed by atoms with Gasteiger partial charge in [-0.15, -0.1) is 11.3 Å². The first-order valence-electron chi connectivity index (χ1n) is 11.1. The third-order valence-corrected chi connectivity index (χ3v) is 11.9. The van der Waals surface area contributed by atoms with Crippen LogP contribution in [0.15, 0.2) is 47.8 Å². The standard InChI is InChI=1S/C24H33O6SSi/c1-24(2,3)32(4,5)30-20-19-18(15-27-23(29-19)16-10-7-6-8-11-16)28-22(25)21(20)26-14-17-12-9-13-31-17/h6-13,18-23H,14-15H2,1-5H3/q-1/t18-,19-,20+,21-,22?,23?/m1/s1. The highest BCUT2D eigenvalue weighted by Gasteiger charge is 2.51. The maximum absolute atomic E-state index is 13.1. The van der Waals surface area contributed by atoms with Crippen molar-refractivity contribution in [3.63, 3.8) is 0 Å². The largest absolute Gasteiger partial charge is 0.829 e. The van der Waals surface area contributed by atoms with E-state index in [1.165, 1.54) is 0 Å². The average Bonchev–Trinajstić information content (AvgIpc) is 3.26. The van der Waals surface area contributed by atoms with Gasteiger partial charge in [0.25, 0.3) is 0 Å². The molecule has 2 aliphatic rings. The summed E-state index contributed by atoms with van der Waals surface area (Å²) in [6.07, 6.45) is -4.16. The van der Waals surface area contributed by atoms with E-state index in [1.807, 2.05) is 47.8 Å². The predicted octanol–water partition coefficient (Wildman–Crippen LogP) is 4.22. The van der Waals surface area contributed by atoms with Gasteiger partial charge in [-0.2, -0.15) is 0 Å². The van der Waals surface area contributed by atoms with E-state index in [0.717, 1.165) is 10.4 Å². The van der Waals surface area contributed by atoms with Crippen LogP contribution in [-0.4, -0.2) is 45.6 Å². The summed E-state index contributed by atoms with van der Waals surface area (Å²) >= 11 is 1.60. The maximum Gasteiger partial charge on any atom is 0.192 e. The van der Waals surface area contributed by atoms with E-state index in [-0.39, 0.29) is 11.6 Å². The SMILES string of the molecule is CC(C)(C)[Si](C)(C)O[C@H]1[C@@H]2OC(c3ccccc3)OC[C@H]2OC([O-])[C@@H]1OCc1cccs1. The molecule has 0 bridgehead atoms. The fraction of sp³-hybridized carbons (Fsp3) is 0.583. The predicted molar refractivity (Wildman–Crippen MR) is 124 cm³/mol. The minimum absolute atomic E-state index is 0.0263. The highest BCUT2D eigenvalue weighted by atomic mass is 32.1. The molecule has 6 nitrogen and oxygen atoms in total. The fourth-order valence-corrected chi connectivity index (χ4v) is 5.65. The zero-order valence-electron chi connectivity index (χ0n) is 19.4. The number of hydrogen-bond acceptors (Lipinski definition) is 7. The highest BCUT2D eigenvalue weighted by molar-refractivity contribution is 7.09. The van der Waals surface area contributed by atoms with Crippen molar-refractivity contribution in [2.45, 2.75) is 82.5 Å². The molecule has 8 heteroatoms. The van der Waals surface area contributed by atoms with Crippen molar-refractivity contribution < 1.29 is 28.5 Å². The minimum Gasteiger partial charge on any atom is -0.829 e. The molecule has 176 valence electrons. The Morgan fingerprint density at radius 1 is 1.06 bits per heavy atom. The lowest BCUT2D eigenvalue weighted by molar-refractivity contribution is -0.541. The molecule has 0 saturated carbocycles. The number of fused-ring (bicyclic) bond motifs is 1. The summed E-state index contributed by atoms with van der Waals surface area (Å²) in [5, 5.41) is 15.0. The van der Waals surface area contributed by atoms with Crippen molar-refractivity contribution in [3.05, 3.63) is 58.3 Å². The number of rotatable bonds is 6. The number of ether oxygens (including phenoxy) is 4. The maximum atomic E-state index is 13.1. The molecule has 0 N–H and O–H groups in total. The molecule has 1 aromatic carbocycles. The van der Waals surface area contributed by atoms with Gasteiger partial charge in [-0.25, -0.2) is 0 Å². The Hall–Kier alpha value is -1.10. The van der Waals surface area contributed by atoms with Crippen LogP contribution in [-0.2, 0) is 30.0 Å². The quantitative estimate of drug-likeness (QED) is 0.580. The smallest absolute Gasteiger partial charge is 0.192 e. The zero-order valence-corrected chi connectivity index (χ0v) is 21.2. The van der Waals surface area contributed by atoms with E-state index in [0.29, 0.717) is 6.61 Å². The van der Waals surface area contributed by atoms with Crippen LogP contribution in [0.3, 0.4) is 0 Å². The summed E-state index contributed by atoms with van der Waals surface area (Å²) in [5.74, 6) is 0. The van der Waals surface area contributed by atoms with Crippen molar-refractivity contribution in [2.24, 2.45) is 0 Å². The normalized spacial score (nSPS) is 31.3. The Morgan fingerprint density at radius 2 is 1.81 bits per heavy atom. The number of hydrogen-bond donors (Lipinski definition) is 0. The Labute approximate surface area is 195 Å². The summed E-state index contributed by atoms with van der Waals surface area (Å²) in [6, 6.07) is 13.8. The Morgan fingerprint density at radius 3 is 2.47 bits per heavy atom. The minimum atomic E-state index is -2.23. The van der Waals surface area contributed by atoms with Crippen molar-refractivity contribution in [3.8, 4) is 0 Å². The molecule has 2 unspecified atom stereocenters. The lowest BCUT2D eigenvalue weighted by Gasteiger charge is -2.54. The van der Waals surface area contributed by atoms with Crippen LogP contribution in [0, 0.1) is 0 Å². The molecule has 0 amide bonds. The first-order chi connectivity index (χ1) is 15.2. The molecule has 2 aliphatic heterocycles. The lowest BCUT2D eigenvalue weighted by Crippen LogP contribution is -2.68. The zero-order chi connectivity index (χ0) is 22.9. The molecule has 0 aliphatic carbocycles. The Bertz CT molecular complexity index is 853. The van der Waals surface area contributed by atoms with Crippen molar-refractivity contribution in [2.75, 3.05) is 6.61 Å². The van der Waals surface area contributed by atoms with Crippen molar-refractivity contribution >= 4 is 19.7 Å². The molecular formula is C24H33O6SSi-. The van der Waals surface area contributed by atoms with E-state index in [4.69, 9.17) is 23.4 Å². The first-order valence-corrected chi connectivity index (χ1v) is 14.9. The molecule has 6 atom stereocenters. The van der Waals surface area contributed by atoms with E-state index in [2.05, 4.69) is 33.9 Å². The third kappa shape index (κ3) is 5.18. The summed E-state index contributed by atoms with van der Waals surface area (Å²) in [5.41, 5.74) is 0.928. The first kappa shape index (κ1) is 24.0. The molecule has 0 spiro atoms. The van der Waals surface area contributed by atoms with E-state index >= 15 is 0 Å². The number of benzene rings is 1. The van der Waals surface area contributed by atoms with Gasteiger partial charge in [-0.3, -0.25) is 0 Å². The Kier molecular flexibility index (Phi) is 7.24. The van der Waals surface area contributed by atoms with Crippen molar-refractivity contribution in [1.82, 2.24) is 0 Å². The van der Waals surface area contributed by atoms with E-state index in [9.17, 15) is 5.11 Å². The Balaban J connectivity index is 1.60. The summed E-state index contributed by atoms with van der Waals surface area (Å²) < 4.78 is 31.1. The van der Waals surface area contributed by atoms with Gasteiger partial charge in [-0.05, 0) is 29.6 Å². The molecule has 2 aromatic rings. The summed E-state index contributed by atoms with van der Waals surface area (Å²) in [4.78, 5) is 1.06. The van der Waals surface area contributed by atoms with Crippen LogP contribution >= 0.6 is 11.3 Å². The van der Waals surface area contributed by atoms with Gasteiger partial charge >= 0.3 is 0 Å². The summed E-state index contributed by atoms with van der Waals surface area (Å²) in [6.45, 7) is 11.5.